The third kappa shape index (κ3) is 5.70. The maximum Gasteiger partial charge on any atom is 0.326 e. The number of ether oxygens (including phenoxy) is 1. The lowest BCUT2D eigenvalue weighted by atomic mass is 10.2. The molecule has 112 valence electrons. The first-order chi connectivity index (χ1) is 9.52. The SMILES string of the molecule is COCCC(NC(=O)NCCc1ccn(C)n1)C(=O)O. The molecule has 3 N–H and O–H groups in total. The van der Waals surface area contributed by atoms with Gasteiger partial charge >= 0.3 is 12.0 Å². The van der Waals surface area contributed by atoms with Crippen LogP contribution in [0.2, 0.25) is 0 Å². The van der Waals surface area contributed by atoms with Gasteiger partial charge in [0.2, 0.25) is 0 Å². The minimum atomic E-state index is -1.08. The van der Waals surface area contributed by atoms with Crippen LogP contribution in [0.5, 0.6) is 0 Å². The zero-order valence-corrected chi connectivity index (χ0v) is 11.6. The summed E-state index contributed by atoms with van der Waals surface area (Å²) >= 11 is 0. The number of urea groups is 1. The van der Waals surface area contributed by atoms with Crippen LogP contribution in [0.3, 0.4) is 0 Å². The topological polar surface area (TPSA) is 105 Å². The van der Waals surface area contributed by atoms with Gasteiger partial charge in [0.1, 0.15) is 6.04 Å². The predicted octanol–water partition coefficient (Wildman–Crippen LogP) is -0.248. The van der Waals surface area contributed by atoms with Crippen molar-refractivity contribution in [2.24, 2.45) is 7.05 Å². The second-order valence-corrected chi connectivity index (χ2v) is 4.30. The minimum absolute atomic E-state index is 0.222. The van der Waals surface area contributed by atoms with Gasteiger partial charge in [0.05, 0.1) is 5.69 Å². The third-order valence-electron chi connectivity index (χ3n) is 2.65. The van der Waals surface area contributed by atoms with Crippen molar-refractivity contribution in [3.63, 3.8) is 0 Å². The van der Waals surface area contributed by atoms with Crippen LogP contribution in [0.25, 0.3) is 0 Å². The molecule has 1 atom stereocenters. The van der Waals surface area contributed by atoms with E-state index in [1.807, 2.05) is 19.3 Å². The lowest BCUT2D eigenvalue weighted by Crippen LogP contribution is -2.46. The molecule has 0 saturated carbocycles. The van der Waals surface area contributed by atoms with Crippen molar-refractivity contribution in [3.8, 4) is 0 Å². The Morgan fingerprint density at radius 1 is 1.55 bits per heavy atom. The predicted molar refractivity (Wildman–Crippen MR) is 71.4 cm³/mol. The number of amides is 2. The zero-order chi connectivity index (χ0) is 15.0. The van der Waals surface area contributed by atoms with E-state index in [9.17, 15) is 9.59 Å². The number of aryl methyl sites for hydroxylation is 1. The van der Waals surface area contributed by atoms with Crippen LogP contribution in [-0.4, -0.2) is 53.2 Å². The van der Waals surface area contributed by atoms with Crippen molar-refractivity contribution in [1.82, 2.24) is 20.4 Å². The van der Waals surface area contributed by atoms with E-state index in [1.165, 1.54) is 7.11 Å². The Morgan fingerprint density at radius 3 is 2.85 bits per heavy atom. The molecular formula is C12H20N4O4. The number of carbonyl (C=O) groups excluding carboxylic acids is 1. The molecule has 1 heterocycles. The highest BCUT2D eigenvalue weighted by Gasteiger charge is 2.19. The molecular weight excluding hydrogens is 264 g/mol. The monoisotopic (exact) mass is 284 g/mol. The molecule has 0 aliphatic rings. The van der Waals surface area contributed by atoms with Gasteiger partial charge in [0.15, 0.2) is 0 Å². The van der Waals surface area contributed by atoms with Gasteiger partial charge in [0.25, 0.3) is 0 Å². The van der Waals surface area contributed by atoms with E-state index in [-0.39, 0.29) is 13.0 Å². The second-order valence-electron chi connectivity index (χ2n) is 4.30. The van der Waals surface area contributed by atoms with Gasteiger partial charge in [-0.15, -0.1) is 0 Å². The molecule has 2 amide bonds. The van der Waals surface area contributed by atoms with Crippen molar-refractivity contribution >= 4 is 12.0 Å². The Hall–Kier alpha value is -2.09. The Labute approximate surface area is 117 Å². The number of carbonyl (C=O) groups is 2. The Balaban J connectivity index is 2.28. The van der Waals surface area contributed by atoms with Crippen molar-refractivity contribution in [1.29, 1.82) is 0 Å². The van der Waals surface area contributed by atoms with E-state index in [4.69, 9.17) is 9.84 Å². The summed E-state index contributed by atoms with van der Waals surface area (Å²) in [5, 5.41) is 18.1. The highest BCUT2D eigenvalue weighted by Crippen LogP contribution is 1.95. The van der Waals surface area contributed by atoms with Crippen molar-refractivity contribution in [2.45, 2.75) is 18.9 Å². The lowest BCUT2D eigenvalue weighted by Gasteiger charge is -2.14. The first-order valence-corrected chi connectivity index (χ1v) is 6.27. The van der Waals surface area contributed by atoms with Crippen LogP contribution in [0.15, 0.2) is 12.3 Å². The summed E-state index contributed by atoms with van der Waals surface area (Å²) in [5.41, 5.74) is 0.863. The van der Waals surface area contributed by atoms with Gasteiger partial charge in [-0.25, -0.2) is 9.59 Å². The molecule has 0 bridgehead atoms. The number of hydrogen-bond acceptors (Lipinski definition) is 4. The van der Waals surface area contributed by atoms with Crippen LogP contribution in [0, 0.1) is 0 Å². The normalized spacial score (nSPS) is 11.9. The van der Waals surface area contributed by atoms with E-state index in [2.05, 4.69) is 15.7 Å². The number of aromatic nitrogens is 2. The maximum atomic E-state index is 11.6. The van der Waals surface area contributed by atoms with Crippen molar-refractivity contribution in [3.05, 3.63) is 18.0 Å². The number of nitrogens with zero attached hydrogens (tertiary/aromatic N) is 2. The maximum absolute atomic E-state index is 11.6. The van der Waals surface area contributed by atoms with Crippen molar-refractivity contribution in [2.75, 3.05) is 20.3 Å². The highest BCUT2D eigenvalue weighted by molar-refractivity contribution is 5.82. The van der Waals surface area contributed by atoms with E-state index >= 15 is 0 Å². The molecule has 8 heteroatoms. The molecule has 1 unspecified atom stereocenters. The van der Waals surface area contributed by atoms with Gasteiger partial charge in [-0.2, -0.15) is 5.10 Å². The molecule has 0 saturated heterocycles. The van der Waals surface area contributed by atoms with E-state index in [1.54, 1.807) is 4.68 Å². The standard InChI is InChI=1S/C12H20N4O4/c1-16-7-4-9(15-16)3-6-13-12(19)14-10(11(17)18)5-8-20-2/h4,7,10H,3,5-6,8H2,1-2H3,(H,17,18)(H2,13,14,19). The zero-order valence-electron chi connectivity index (χ0n) is 11.6. The molecule has 0 aromatic carbocycles. The lowest BCUT2D eigenvalue weighted by molar-refractivity contribution is -0.139. The van der Waals surface area contributed by atoms with Crippen LogP contribution in [-0.2, 0) is 23.0 Å². The highest BCUT2D eigenvalue weighted by atomic mass is 16.5. The number of carboxylic acid groups (broad SMARTS) is 1. The number of rotatable bonds is 8. The summed E-state index contributed by atoms with van der Waals surface area (Å²) in [6.45, 7) is 0.657. The molecule has 0 spiro atoms. The summed E-state index contributed by atoms with van der Waals surface area (Å²) < 4.78 is 6.48. The van der Waals surface area contributed by atoms with E-state index < -0.39 is 18.0 Å². The molecule has 20 heavy (non-hydrogen) atoms. The Kier molecular flexibility index (Phi) is 6.51. The van der Waals surface area contributed by atoms with Gasteiger partial charge in [-0.05, 0) is 6.07 Å². The van der Waals surface area contributed by atoms with Crippen LogP contribution in [0.1, 0.15) is 12.1 Å². The molecule has 8 nitrogen and oxygen atoms in total. The smallest absolute Gasteiger partial charge is 0.326 e. The van der Waals surface area contributed by atoms with Crippen LogP contribution < -0.4 is 10.6 Å². The van der Waals surface area contributed by atoms with Gasteiger partial charge in [-0.3, -0.25) is 4.68 Å². The summed E-state index contributed by atoms with van der Waals surface area (Å²) in [5.74, 6) is -1.08. The summed E-state index contributed by atoms with van der Waals surface area (Å²) in [6, 6.07) is 0.396. The molecule has 1 aromatic heterocycles. The van der Waals surface area contributed by atoms with Gasteiger partial charge in [0, 0.05) is 46.3 Å². The fraction of sp³-hybridized carbons (Fsp3) is 0.583. The van der Waals surface area contributed by atoms with Gasteiger partial charge in [-0.1, -0.05) is 0 Å². The summed E-state index contributed by atoms with van der Waals surface area (Å²) in [7, 11) is 3.29. The fourth-order valence-electron chi connectivity index (χ4n) is 1.60. The minimum Gasteiger partial charge on any atom is -0.480 e. The number of methoxy groups -OCH3 is 1. The molecule has 0 radical (unpaired) electrons. The molecule has 1 rings (SSSR count). The first-order valence-electron chi connectivity index (χ1n) is 6.27. The van der Waals surface area contributed by atoms with Crippen LogP contribution in [0.4, 0.5) is 4.79 Å². The average Bonchev–Trinajstić information content (AvgIpc) is 2.80. The largest absolute Gasteiger partial charge is 0.480 e. The fourth-order valence-corrected chi connectivity index (χ4v) is 1.60. The summed E-state index contributed by atoms with van der Waals surface area (Å²) in [4.78, 5) is 22.5. The van der Waals surface area contributed by atoms with Gasteiger partial charge < -0.3 is 20.5 Å². The van der Waals surface area contributed by atoms with E-state index in [0.29, 0.717) is 13.0 Å². The van der Waals surface area contributed by atoms with Crippen LogP contribution >= 0.6 is 0 Å². The quantitative estimate of drug-likeness (QED) is 0.610. The first kappa shape index (κ1) is 16.0. The second kappa shape index (κ2) is 8.16. The van der Waals surface area contributed by atoms with E-state index in [0.717, 1.165) is 5.69 Å². The molecule has 1 aromatic rings. The van der Waals surface area contributed by atoms with Crippen molar-refractivity contribution < 1.29 is 19.4 Å². The summed E-state index contributed by atoms with van der Waals surface area (Å²) in [6.07, 6.45) is 2.63. The Bertz CT molecular complexity index is 446. The Morgan fingerprint density at radius 2 is 2.30 bits per heavy atom. The number of carboxylic acids is 1. The third-order valence-corrected chi connectivity index (χ3v) is 2.65. The number of aliphatic carboxylic acids is 1. The molecule has 0 aliphatic heterocycles. The number of hydrogen-bond donors (Lipinski definition) is 3. The molecule has 0 fully saturated rings. The molecule has 0 aliphatic carbocycles. The number of nitrogens with one attached hydrogen (secondary N) is 2. The average molecular weight is 284 g/mol.